The molecule has 4 rings (SSSR count). The van der Waals surface area contributed by atoms with Gasteiger partial charge in [0.1, 0.15) is 6.04 Å². The van der Waals surface area contributed by atoms with Gasteiger partial charge in [-0.1, -0.05) is 44.2 Å². The normalized spacial score (nSPS) is 14.7. The Kier molecular flexibility index (Phi) is 3.95. The van der Waals surface area contributed by atoms with Crippen molar-refractivity contribution >= 4 is 28.8 Å². The largest absolute Gasteiger partial charge is 0.324 e. The number of nitrogens with zero attached hydrogens (tertiary/aromatic N) is 2. The number of fused-ring (bicyclic) bond motifs is 2. The van der Waals surface area contributed by atoms with Gasteiger partial charge in [0.25, 0.3) is 5.91 Å². The van der Waals surface area contributed by atoms with Crippen LogP contribution in [0, 0.1) is 5.92 Å². The summed E-state index contributed by atoms with van der Waals surface area (Å²) < 4.78 is 0. The Hall–Kier alpha value is -3.15. The Balaban J connectivity index is 1.59. The van der Waals surface area contributed by atoms with E-state index in [2.05, 4.69) is 15.3 Å². The van der Waals surface area contributed by atoms with Crippen LogP contribution in [0.2, 0.25) is 0 Å². The molecule has 0 bridgehead atoms. The second kappa shape index (κ2) is 6.29. The van der Waals surface area contributed by atoms with Crippen LogP contribution in [-0.2, 0) is 11.3 Å². The summed E-state index contributed by atoms with van der Waals surface area (Å²) in [5, 5.41) is 2.84. The maximum atomic E-state index is 12.9. The summed E-state index contributed by atoms with van der Waals surface area (Å²) >= 11 is 0. The Morgan fingerprint density at radius 1 is 1.15 bits per heavy atom. The molecule has 26 heavy (non-hydrogen) atoms. The van der Waals surface area contributed by atoms with Crippen LogP contribution in [0.1, 0.15) is 29.8 Å². The first-order chi connectivity index (χ1) is 12.5. The summed E-state index contributed by atoms with van der Waals surface area (Å²) in [6.07, 6.45) is 0. The number of anilines is 1. The first-order valence-corrected chi connectivity index (χ1v) is 8.69. The molecule has 132 valence electrons. The van der Waals surface area contributed by atoms with Crippen molar-refractivity contribution in [3.05, 3.63) is 59.7 Å². The number of aromatic amines is 1. The lowest BCUT2D eigenvalue weighted by Crippen LogP contribution is -2.47. The standard InChI is InChI=1S/C20H20N4O2/c1-12(2)17(24-11-13-7-3-4-8-14(13)19(24)26)18(25)23-20-21-15-9-5-6-10-16(15)22-20/h3-10,12,17H,11H2,1-2H3,(H2,21,22,23,25)/t17-/m0/s1. The van der Waals surface area contributed by atoms with Crippen LogP contribution in [-0.4, -0.2) is 32.7 Å². The predicted molar refractivity (Wildman–Crippen MR) is 99.7 cm³/mol. The number of carbonyl (C=O) groups is 2. The molecule has 0 radical (unpaired) electrons. The van der Waals surface area contributed by atoms with Gasteiger partial charge in [0, 0.05) is 12.1 Å². The van der Waals surface area contributed by atoms with Crippen molar-refractivity contribution in [3.8, 4) is 0 Å². The average Bonchev–Trinajstić information content (AvgIpc) is 3.16. The van der Waals surface area contributed by atoms with E-state index in [1.165, 1.54) is 0 Å². The van der Waals surface area contributed by atoms with E-state index in [4.69, 9.17) is 0 Å². The van der Waals surface area contributed by atoms with Crippen LogP contribution in [0.5, 0.6) is 0 Å². The maximum absolute atomic E-state index is 12.9. The van der Waals surface area contributed by atoms with E-state index in [0.717, 1.165) is 16.6 Å². The molecule has 1 aliphatic heterocycles. The zero-order chi connectivity index (χ0) is 18.3. The molecule has 2 aromatic carbocycles. The van der Waals surface area contributed by atoms with Crippen LogP contribution >= 0.6 is 0 Å². The van der Waals surface area contributed by atoms with Crippen molar-refractivity contribution in [1.29, 1.82) is 0 Å². The van der Waals surface area contributed by atoms with Crippen LogP contribution in [0.3, 0.4) is 0 Å². The van der Waals surface area contributed by atoms with Crippen molar-refractivity contribution in [1.82, 2.24) is 14.9 Å². The fourth-order valence-electron chi connectivity index (χ4n) is 3.51. The Morgan fingerprint density at radius 2 is 1.88 bits per heavy atom. The van der Waals surface area contributed by atoms with E-state index in [0.29, 0.717) is 18.1 Å². The van der Waals surface area contributed by atoms with Gasteiger partial charge in [-0.3, -0.25) is 14.9 Å². The number of para-hydroxylation sites is 2. The van der Waals surface area contributed by atoms with Gasteiger partial charge in [-0.15, -0.1) is 0 Å². The van der Waals surface area contributed by atoms with Gasteiger partial charge in [-0.2, -0.15) is 0 Å². The zero-order valence-corrected chi connectivity index (χ0v) is 14.7. The number of aromatic nitrogens is 2. The number of hydrogen-bond donors (Lipinski definition) is 2. The van der Waals surface area contributed by atoms with Crippen molar-refractivity contribution in [2.45, 2.75) is 26.4 Å². The maximum Gasteiger partial charge on any atom is 0.255 e. The number of imidazole rings is 1. The quantitative estimate of drug-likeness (QED) is 0.760. The number of amides is 2. The number of benzene rings is 2. The summed E-state index contributed by atoms with van der Waals surface area (Å²) in [6, 6.07) is 14.5. The molecular weight excluding hydrogens is 328 g/mol. The first-order valence-electron chi connectivity index (χ1n) is 8.69. The number of carbonyl (C=O) groups excluding carboxylic acids is 2. The highest BCUT2D eigenvalue weighted by molar-refractivity contribution is 6.03. The Morgan fingerprint density at radius 3 is 2.62 bits per heavy atom. The smallest absolute Gasteiger partial charge is 0.255 e. The van der Waals surface area contributed by atoms with E-state index < -0.39 is 6.04 Å². The van der Waals surface area contributed by atoms with Crippen molar-refractivity contribution < 1.29 is 9.59 Å². The van der Waals surface area contributed by atoms with Gasteiger partial charge in [0.2, 0.25) is 11.9 Å². The summed E-state index contributed by atoms with van der Waals surface area (Å²) in [7, 11) is 0. The van der Waals surface area contributed by atoms with Crippen molar-refractivity contribution in [2.75, 3.05) is 5.32 Å². The van der Waals surface area contributed by atoms with Gasteiger partial charge >= 0.3 is 0 Å². The molecule has 0 unspecified atom stereocenters. The SMILES string of the molecule is CC(C)[C@@H](C(=O)Nc1nc2ccccc2[nH]1)N1Cc2ccccc2C1=O. The lowest BCUT2D eigenvalue weighted by atomic mass is 10.0. The van der Waals surface area contributed by atoms with Crippen LogP contribution in [0.25, 0.3) is 11.0 Å². The lowest BCUT2D eigenvalue weighted by molar-refractivity contribution is -0.122. The van der Waals surface area contributed by atoms with Gasteiger partial charge < -0.3 is 9.88 Å². The molecule has 2 heterocycles. The average molecular weight is 348 g/mol. The van der Waals surface area contributed by atoms with Gasteiger partial charge in [0.05, 0.1) is 11.0 Å². The minimum absolute atomic E-state index is 0.0300. The molecule has 1 aromatic heterocycles. The summed E-state index contributed by atoms with van der Waals surface area (Å²) in [4.78, 5) is 34.8. The molecule has 3 aromatic rings. The highest BCUT2D eigenvalue weighted by Gasteiger charge is 2.38. The van der Waals surface area contributed by atoms with Gasteiger partial charge in [0.15, 0.2) is 0 Å². The fourth-order valence-corrected chi connectivity index (χ4v) is 3.51. The van der Waals surface area contributed by atoms with Crippen LogP contribution < -0.4 is 5.32 Å². The number of nitrogens with one attached hydrogen (secondary N) is 2. The molecule has 0 saturated heterocycles. The van der Waals surface area contributed by atoms with E-state index in [9.17, 15) is 9.59 Å². The molecule has 6 heteroatoms. The second-order valence-corrected chi connectivity index (χ2v) is 6.87. The van der Waals surface area contributed by atoms with E-state index in [1.807, 2.05) is 62.4 Å². The molecular formula is C20H20N4O2. The minimum Gasteiger partial charge on any atom is -0.324 e. The second-order valence-electron chi connectivity index (χ2n) is 6.87. The van der Waals surface area contributed by atoms with E-state index >= 15 is 0 Å². The van der Waals surface area contributed by atoms with Gasteiger partial charge in [-0.05, 0) is 29.7 Å². The number of H-pyrrole nitrogens is 1. The van der Waals surface area contributed by atoms with E-state index in [1.54, 1.807) is 4.90 Å². The zero-order valence-electron chi connectivity index (χ0n) is 14.7. The third kappa shape index (κ3) is 2.73. The molecule has 1 aliphatic rings. The molecule has 6 nitrogen and oxygen atoms in total. The number of rotatable bonds is 4. The predicted octanol–water partition coefficient (Wildman–Crippen LogP) is 3.18. The molecule has 1 atom stereocenters. The van der Waals surface area contributed by atoms with Gasteiger partial charge in [-0.25, -0.2) is 4.98 Å². The molecule has 2 amide bonds. The Labute approximate surface area is 151 Å². The molecule has 0 spiro atoms. The fraction of sp³-hybridized carbons (Fsp3) is 0.250. The van der Waals surface area contributed by atoms with Crippen LogP contribution in [0.15, 0.2) is 48.5 Å². The summed E-state index contributed by atoms with van der Waals surface area (Å²) in [5.41, 5.74) is 3.27. The monoisotopic (exact) mass is 348 g/mol. The highest BCUT2D eigenvalue weighted by Crippen LogP contribution is 2.27. The van der Waals surface area contributed by atoms with Crippen LogP contribution in [0.4, 0.5) is 5.95 Å². The third-order valence-electron chi connectivity index (χ3n) is 4.72. The third-order valence-corrected chi connectivity index (χ3v) is 4.72. The molecule has 0 fully saturated rings. The molecule has 0 saturated carbocycles. The summed E-state index contributed by atoms with van der Waals surface area (Å²) in [5.74, 6) is 0.0305. The highest BCUT2D eigenvalue weighted by atomic mass is 16.2. The van der Waals surface area contributed by atoms with Crippen molar-refractivity contribution in [3.63, 3.8) is 0 Å². The van der Waals surface area contributed by atoms with E-state index in [-0.39, 0.29) is 17.7 Å². The Bertz CT molecular complexity index is 959. The number of hydrogen-bond acceptors (Lipinski definition) is 3. The topological polar surface area (TPSA) is 78.1 Å². The first kappa shape index (κ1) is 16.3. The summed E-state index contributed by atoms with van der Waals surface area (Å²) in [6.45, 7) is 4.34. The van der Waals surface area contributed by atoms with Crippen molar-refractivity contribution in [2.24, 2.45) is 5.92 Å². The lowest BCUT2D eigenvalue weighted by Gasteiger charge is -2.29. The molecule has 2 N–H and O–H groups in total. The molecule has 0 aliphatic carbocycles. The minimum atomic E-state index is -0.567.